The number of aliphatic hydroxyl groups is 1. The summed E-state index contributed by atoms with van der Waals surface area (Å²) in [6, 6.07) is 6.77. The van der Waals surface area contributed by atoms with E-state index in [9.17, 15) is 9.50 Å². The summed E-state index contributed by atoms with van der Waals surface area (Å²) >= 11 is 0. The Hall–Kier alpha value is -1.15. The molecule has 0 saturated heterocycles. The van der Waals surface area contributed by atoms with Gasteiger partial charge in [0.15, 0.2) is 0 Å². The number of halogens is 1. The van der Waals surface area contributed by atoms with Gasteiger partial charge in [-0.3, -0.25) is 0 Å². The molecule has 1 N–H and O–H groups in total. The molecule has 0 heterocycles. The van der Waals surface area contributed by atoms with Gasteiger partial charge in [-0.25, -0.2) is 4.39 Å². The fourth-order valence-corrected chi connectivity index (χ4v) is 9.11. The highest BCUT2D eigenvalue weighted by Gasteiger charge is 2.59. The zero-order valence-corrected chi connectivity index (χ0v) is 20.6. The van der Waals surface area contributed by atoms with Gasteiger partial charge in [0, 0.05) is 0 Å². The molecule has 32 heavy (non-hydrogen) atoms. The number of rotatable bonds is 4. The molecule has 0 bridgehead atoms. The van der Waals surface area contributed by atoms with Crippen molar-refractivity contribution in [1.82, 2.24) is 0 Å². The van der Waals surface area contributed by atoms with Crippen molar-refractivity contribution < 1.29 is 9.50 Å². The van der Waals surface area contributed by atoms with E-state index in [0.29, 0.717) is 23.2 Å². The van der Waals surface area contributed by atoms with Gasteiger partial charge in [0.1, 0.15) is 5.82 Å². The number of benzene rings is 1. The third-order valence-electron chi connectivity index (χ3n) is 11.0. The maximum Gasteiger partial charge on any atom is 0.123 e. The van der Waals surface area contributed by atoms with Crippen molar-refractivity contribution in [2.24, 2.45) is 46.3 Å². The molecule has 0 radical (unpaired) electrons. The minimum absolute atomic E-state index is 0.205. The minimum atomic E-state index is -0.398. The highest BCUT2D eigenvalue weighted by atomic mass is 19.1. The van der Waals surface area contributed by atoms with Crippen LogP contribution in [0.4, 0.5) is 4.39 Å². The molecule has 1 nitrogen and oxygen atoms in total. The molecule has 9 atom stereocenters. The van der Waals surface area contributed by atoms with Crippen LogP contribution in [0.5, 0.6) is 0 Å². The number of hydrogen-bond acceptors (Lipinski definition) is 1. The van der Waals surface area contributed by atoms with Crippen molar-refractivity contribution >= 4 is 0 Å². The van der Waals surface area contributed by atoms with Crippen molar-refractivity contribution in [3.8, 4) is 0 Å². The van der Waals surface area contributed by atoms with Crippen LogP contribution in [0.25, 0.3) is 0 Å². The van der Waals surface area contributed by atoms with E-state index in [-0.39, 0.29) is 11.7 Å². The molecule has 4 aliphatic carbocycles. The maximum atomic E-state index is 13.6. The molecule has 3 fully saturated rings. The number of fused-ring (bicyclic) bond motifs is 5. The monoisotopic (exact) mass is 438 g/mol. The lowest BCUT2D eigenvalue weighted by Gasteiger charge is -2.58. The summed E-state index contributed by atoms with van der Waals surface area (Å²) in [4.78, 5) is 0. The molecule has 0 aliphatic heterocycles. The predicted octanol–water partition coefficient (Wildman–Crippen LogP) is 7.58. The standard InChI is InChI=1S/C30H43FO/c1-19-12-14-29(3)22(16-19)8-9-24-26-11-10-25(30(26,4)15-13-27(24)29)20(2)28(32)18-21-6-5-7-23(31)17-21/h5-8,17,19-20,24-28,32H,9-16,18H2,1-4H3/t19-,20-,24?,25?,26?,27?,28-,29-,30+/m0/s1. The summed E-state index contributed by atoms with van der Waals surface area (Å²) in [5.41, 5.74) is 3.48. The van der Waals surface area contributed by atoms with Crippen LogP contribution in [0.15, 0.2) is 35.9 Å². The van der Waals surface area contributed by atoms with Crippen molar-refractivity contribution in [3.63, 3.8) is 0 Å². The van der Waals surface area contributed by atoms with E-state index in [1.165, 1.54) is 57.4 Å². The second-order valence-electron chi connectivity index (χ2n) is 12.6. The average Bonchev–Trinajstić information content (AvgIpc) is 3.11. The van der Waals surface area contributed by atoms with Crippen molar-refractivity contribution in [2.75, 3.05) is 0 Å². The van der Waals surface area contributed by atoms with E-state index in [1.807, 2.05) is 6.07 Å². The van der Waals surface area contributed by atoms with Crippen LogP contribution in [0.3, 0.4) is 0 Å². The van der Waals surface area contributed by atoms with Gasteiger partial charge >= 0.3 is 0 Å². The van der Waals surface area contributed by atoms with Gasteiger partial charge in [-0.15, -0.1) is 0 Å². The van der Waals surface area contributed by atoms with Gasteiger partial charge in [0.25, 0.3) is 0 Å². The van der Waals surface area contributed by atoms with E-state index in [0.717, 1.165) is 29.2 Å². The SMILES string of the molecule is C[C@H]1CC[C@@]2(C)C(=CCC3C4CCC([C@H](C)[C@@H](O)Cc5cccc(F)c5)[C@@]4(C)CCC32)C1. The molecule has 5 rings (SSSR count). The normalized spacial score (nSPS) is 42.9. The zero-order chi connectivity index (χ0) is 22.7. The Morgan fingerprint density at radius 1 is 1.09 bits per heavy atom. The Morgan fingerprint density at radius 3 is 2.69 bits per heavy atom. The van der Waals surface area contributed by atoms with Crippen LogP contribution in [0.2, 0.25) is 0 Å². The van der Waals surface area contributed by atoms with Gasteiger partial charge in [-0.2, -0.15) is 0 Å². The Kier molecular flexibility index (Phi) is 5.84. The van der Waals surface area contributed by atoms with E-state index >= 15 is 0 Å². The Balaban J connectivity index is 1.33. The lowest BCUT2D eigenvalue weighted by molar-refractivity contribution is -0.0634. The maximum absolute atomic E-state index is 13.6. The fraction of sp³-hybridized carbons (Fsp3) is 0.733. The first kappa shape index (κ1) is 22.6. The molecular weight excluding hydrogens is 395 g/mol. The first-order valence-electron chi connectivity index (χ1n) is 13.3. The molecule has 0 aromatic heterocycles. The first-order valence-corrected chi connectivity index (χ1v) is 13.3. The topological polar surface area (TPSA) is 20.2 Å². The predicted molar refractivity (Wildman–Crippen MR) is 130 cm³/mol. The molecule has 2 heteroatoms. The average molecular weight is 439 g/mol. The molecule has 1 aromatic carbocycles. The summed E-state index contributed by atoms with van der Waals surface area (Å²) in [6.45, 7) is 9.85. The van der Waals surface area contributed by atoms with E-state index in [1.54, 1.807) is 17.7 Å². The second-order valence-corrected chi connectivity index (χ2v) is 12.6. The highest BCUT2D eigenvalue weighted by Crippen LogP contribution is 2.67. The zero-order valence-electron chi connectivity index (χ0n) is 20.6. The third-order valence-corrected chi connectivity index (χ3v) is 11.0. The van der Waals surface area contributed by atoms with Gasteiger partial charge in [-0.05, 0) is 122 Å². The van der Waals surface area contributed by atoms with Crippen LogP contribution in [-0.4, -0.2) is 11.2 Å². The molecule has 1 aromatic rings. The van der Waals surface area contributed by atoms with E-state index in [4.69, 9.17) is 0 Å². The van der Waals surface area contributed by atoms with E-state index < -0.39 is 6.10 Å². The summed E-state index contributed by atoms with van der Waals surface area (Å²) in [5.74, 6) is 3.96. The lowest BCUT2D eigenvalue weighted by Crippen LogP contribution is -2.51. The molecule has 4 unspecified atom stereocenters. The summed E-state index contributed by atoms with van der Waals surface area (Å²) < 4.78 is 13.6. The van der Waals surface area contributed by atoms with Crippen molar-refractivity contribution in [3.05, 3.63) is 47.3 Å². The van der Waals surface area contributed by atoms with Gasteiger partial charge in [0.05, 0.1) is 6.10 Å². The molecule has 0 amide bonds. The molecular formula is C30H43FO. The summed E-state index contributed by atoms with van der Waals surface area (Å²) in [7, 11) is 0. The molecule has 4 aliphatic rings. The second kappa shape index (κ2) is 8.26. The van der Waals surface area contributed by atoms with Gasteiger partial charge in [0.2, 0.25) is 0 Å². The summed E-state index contributed by atoms with van der Waals surface area (Å²) in [5, 5.41) is 11.1. The number of aliphatic hydroxyl groups excluding tert-OH is 1. The quantitative estimate of drug-likeness (QED) is 0.480. The molecule has 0 spiro atoms. The first-order chi connectivity index (χ1) is 15.2. The van der Waals surface area contributed by atoms with Crippen LogP contribution in [-0.2, 0) is 6.42 Å². The Bertz CT molecular complexity index is 875. The lowest BCUT2D eigenvalue weighted by atomic mass is 9.46. The molecule has 176 valence electrons. The van der Waals surface area contributed by atoms with Crippen molar-refractivity contribution in [2.45, 2.75) is 91.6 Å². The number of allylic oxidation sites excluding steroid dienone is 2. The summed E-state index contributed by atoms with van der Waals surface area (Å²) in [6.07, 6.45) is 13.5. The van der Waals surface area contributed by atoms with Gasteiger partial charge in [-0.1, -0.05) is 51.5 Å². The largest absolute Gasteiger partial charge is 0.392 e. The van der Waals surface area contributed by atoms with Crippen LogP contribution in [0, 0.1) is 52.2 Å². The number of hydrogen-bond donors (Lipinski definition) is 1. The molecule has 3 saturated carbocycles. The van der Waals surface area contributed by atoms with Gasteiger partial charge < -0.3 is 5.11 Å². The van der Waals surface area contributed by atoms with Crippen LogP contribution >= 0.6 is 0 Å². The minimum Gasteiger partial charge on any atom is -0.392 e. The van der Waals surface area contributed by atoms with E-state index in [2.05, 4.69) is 33.8 Å². The highest BCUT2D eigenvalue weighted by molar-refractivity contribution is 5.25. The van der Waals surface area contributed by atoms with Crippen molar-refractivity contribution in [1.29, 1.82) is 0 Å². The smallest absolute Gasteiger partial charge is 0.123 e. The van der Waals surface area contributed by atoms with Crippen LogP contribution < -0.4 is 0 Å². The Labute approximate surface area is 194 Å². The third kappa shape index (κ3) is 3.60. The van der Waals surface area contributed by atoms with Crippen LogP contribution in [0.1, 0.15) is 84.6 Å². The fourth-order valence-electron chi connectivity index (χ4n) is 9.11. The Morgan fingerprint density at radius 2 is 1.91 bits per heavy atom.